The van der Waals surface area contributed by atoms with E-state index in [9.17, 15) is 33.8 Å². The van der Waals surface area contributed by atoms with Crippen molar-refractivity contribution in [3.8, 4) is 0 Å². The van der Waals surface area contributed by atoms with Crippen molar-refractivity contribution in [2.45, 2.75) is 58.1 Å². The van der Waals surface area contributed by atoms with E-state index in [2.05, 4.69) is 16.4 Å². The molecular formula is C15H23N3Na4O7P2. The van der Waals surface area contributed by atoms with Gasteiger partial charge >= 0.3 is 118 Å². The van der Waals surface area contributed by atoms with E-state index >= 15 is 0 Å². The van der Waals surface area contributed by atoms with Crippen LogP contribution in [-0.4, -0.2) is 25.2 Å². The summed E-state index contributed by atoms with van der Waals surface area (Å²) >= 11 is 0. The SMILES string of the molecule is CC(C)=CCC/C(C)=C\CCc1cn(CC(O)(P(=O)([O-])[O-])P(=O)([O-])[O-])nn1.[Na+].[Na+].[Na+].[Na+]. The summed E-state index contributed by atoms with van der Waals surface area (Å²) in [6.07, 6.45) is 8.23. The van der Waals surface area contributed by atoms with Crippen molar-refractivity contribution >= 4 is 15.2 Å². The minimum atomic E-state index is -6.15. The molecule has 0 atom stereocenters. The van der Waals surface area contributed by atoms with Crippen LogP contribution in [0, 0.1) is 0 Å². The summed E-state index contributed by atoms with van der Waals surface area (Å²) < 4.78 is 22.8. The van der Waals surface area contributed by atoms with Crippen molar-refractivity contribution in [2.24, 2.45) is 0 Å². The fourth-order valence-corrected chi connectivity index (χ4v) is 4.06. The van der Waals surface area contributed by atoms with Gasteiger partial charge in [0.15, 0.2) is 0 Å². The molecule has 0 aliphatic heterocycles. The molecule has 1 aromatic rings. The second-order valence-electron chi connectivity index (χ2n) is 6.59. The molecule has 16 heteroatoms. The topological polar surface area (TPSA) is 177 Å². The van der Waals surface area contributed by atoms with Crippen LogP contribution in [0.15, 0.2) is 29.5 Å². The van der Waals surface area contributed by atoms with Crippen LogP contribution in [0.4, 0.5) is 0 Å². The van der Waals surface area contributed by atoms with Gasteiger partial charge in [0.05, 0.1) is 12.2 Å². The molecule has 0 saturated heterocycles. The van der Waals surface area contributed by atoms with Crippen LogP contribution >= 0.6 is 15.2 Å². The maximum atomic E-state index is 11.1. The molecule has 0 saturated carbocycles. The van der Waals surface area contributed by atoms with E-state index in [0.29, 0.717) is 23.2 Å². The molecule has 0 spiro atoms. The normalized spacial score (nSPS) is 11.9. The molecule has 0 aliphatic carbocycles. The van der Waals surface area contributed by atoms with Crippen LogP contribution in [0.3, 0.4) is 0 Å². The van der Waals surface area contributed by atoms with Crippen molar-refractivity contribution in [1.29, 1.82) is 0 Å². The Morgan fingerprint density at radius 2 is 1.55 bits per heavy atom. The fourth-order valence-electron chi connectivity index (χ4n) is 2.23. The average Bonchev–Trinajstić information content (AvgIpc) is 2.91. The van der Waals surface area contributed by atoms with Crippen LogP contribution in [0.5, 0.6) is 0 Å². The van der Waals surface area contributed by atoms with Gasteiger partial charge in [-0.25, -0.2) is 4.68 Å². The number of allylic oxidation sites excluding steroid dienone is 4. The summed E-state index contributed by atoms with van der Waals surface area (Å²) in [4.78, 5) is 44.3. The molecular weight excluding hydrogens is 488 g/mol. The molecule has 0 bridgehead atoms. The molecule has 10 nitrogen and oxygen atoms in total. The van der Waals surface area contributed by atoms with Gasteiger partial charge in [-0.05, 0) is 61.6 Å². The van der Waals surface area contributed by atoms with E-state index in [-0.39, 0.29) is 118 Å². The summed E-state index contributed by atoms with van der Waals surface area (Å²) in [5, 5.41) is 12.8. The van der Waals surface area contributed by atoms with Crippen molar-refractivity contribution in [3.63, 3.8) is 0 Å². The first-order chi connectivity index (χ1) is 12.3. The zero-order valence-corrected chi connectivity index (χ0v) is 29.2. The maximum absolute atomic E-state index is 11.1. The van der Waals surface area contributed by atoms with Crippen molar-refractivity contribution in [3.05, 3.63) is 35.2 Å². The van der Waals surface area contributed by atoms with Gasteiger partial charge in [0.25, 0.3) is 0 Å². The molecule has 0 aromatic carbocycles. The summed E-state index contributed by atoms with van der Waals surface area (Å²) in [5.74, 6) is 0. The molecule has 0 radical (unpaired) electrons. The molecule has 0 fully saturated rings. The fraction of sp³-hybridized carbons (Fsp3) is 0.600. The number of aryl methyl sites for hydroxylation is 1. The zero-order valence-electron chi connectivity index (χ0n) is 19.4. The third-order valence-corrected chi connectivity index (χ3v) is 7.33. The average molecular weight is 511 g/mol. The van der Waals surface area contributed by atoms with Gasteiger partial charge < -0.3 is 33.8 Å². The molecule has 1 aromatic heterocycles. The number of rotatable bonds is 10. The van der Waals surface area contributed by atoms with Gasteiger partial charge in [-0.1, -0.05) is 28.5 Å². The maximum Gasteiger partial charge on any atom is 1.00 e. The van der Waals surface area contributed by atoms with E-state index in [1.807, 2.05) is 26.8 Å². The van der Waals surface area contributed by atoms with Crippen LogP contribution in [0.2, 0.25) is 0 Å². The Labute approximate surface area is 271 Å². The van der Waals surface area contributed by atoms with Gasteiger partial charge in [0.1, 0.15) is 5.08 Å². The van der Waals surface area contributed by atoms with Gasteiger partial charge in [-0.3, -0.25) is 0 Å². The smallest absolute Gasteiger partial charge is 0.808 e. The first kappa shape index (κ1) is 41.0. The second kappa shape index (κ2) is 18.2. The number of aromatic nitrogens is 3. The molecule has 1 heterocycles. The molecule has 0 amide bonds. The van der Waals surface area contributed by atoms with Gasteiger partial charge in [-0.15, -0.1) is 5.10 Å². The van der Waals surface area contributed by atoms with Crippen LogP contribution in [0.25, 0.3) is 0 Å². The molecule has 1 N–H and O–H groups in total. The predicted molar refractivity (Wildman–Crippen MR) is 90.9 cm³/mol. The van der Waals surface area contributed by atoms with Gasteiger partial charge in [0, 0.05) is 6.20 Å². The van der Waals surface area contributed by atoms with E-state index < -0.39 is 26.8 Å². The molecule has 1 rings (SSSR count). The monoisotopic (exact) mass is 511 g/mol. The van der Waals surface area contributed by atoms with Gasteiger partial charge in [-0.2, -0.15) is 0 Å². The Bertz CT molecular complexity index is 782. The number of nitrogens with zero attached hydrogens (tertiary/aromatic N) is 3. The van der Waals surface area contributed by atoms with Gasteiger partial charge in [0.2, 0.25) is 0 Å². The molecule has 31 heavy (non-hydrogen) atoms. The van der Waals surface area contributed by atoms with E-state index in [0.717, 1.165) is 12.8 Å². The largest absolute Gasteiger partial charge is 1.00 e. The summed E-state index contributed by atoms with van der Waals surface area (Å²) in [5.41, 5.74) is 2.83. The minimum absolute atomic E-state index is 0. The second-order valence-corrected chi connectivity index (χ2v) is 10.4. The first-order valence-corrected chi connectivity index (χ1v) is 11.3. The van der Waals surface area contributed by atoms with Crippen LogP contribution in [0.1, 0.15) is 45.7 Å². The predicted octanol–water partition coefficient (Wildman–Crippen LogP) is -12.6. The first-order valence-electron chi connectivity index (χ1n) is 8.21. The Morgan fingerprint density at radius 3 is 2.00 bits per heavy atom. The van der Waals surface area contributed by atoms with E-state index in [1.165, 1.54) is 17.3 Å². The standard InChI is InChI=1S/C15H27N3O7P2.4Na/c1-12(2)6-4-7-13(3)8-5-9-14-10-18(17-16-14)11-15(19,26(20,21)22)27(23,24)25;;;;/h6,8,10,19H,4-5,7,9,11H2,1-3H3,(H2,20,21,22)(H2,23,24,25);;;;/q;4*+1/p-4/b13-8-;;;;. The molecule has 0 aliphatic rings. The van der Waals surface area contributed by atoms with Crippen molar-refractivity contribution < 1.29 is 152 Å². The molecule has 154 valence electrons. The van der Waals surface area contributed by atoms with Crippen molar-refractivity contribution in [2.75, 3.05) is 0 Å². The third-order valence-electron chi connectivity index (χ3n) is 3.82. The minimum Gasteiger partial charge on any atom is -0.808 e. The summed E-state index contributed by atoms with van der Waals surface area (Å²) in [7, 11) is -12.3. The van der Waals surface area contributed by atoms with Crippen LogP contribution < -0.4 is 138 Å². The zero-order chi connectivity index (χ0) is 20.9. The number of aliphatic hydroxyl groups is 1. The molecule has 0 unspecified atom stereocenters. The van der Waals surface area contributed by atoms with E-state index in [1.54, 1.807) is 0 Å². The van der Waals surface area contributed by atoms with E-state index in [4.69, 9.17) is 0 Å². The Hall–Kier alpha value is 2.88. The summed E-state index contributed by atoms with van der Waals surface area (Å²) in [6, 6.07) is 0. The third kappa shape index (κ3) is 14.3. The Balaban J connectivity index is -0.000000911. The Morgan fingerprint density at radius 1 is 1.03 bits per heavy atom. The van der Waals surface area contributed by atoms with Crippen LogP contribution in [-0.2, 0) is 22.1 Å². The number of hydrogen-bond acceptors (Lipinski definition) is 9. The summed E-state index contributed by atoms with van der Waals surface area (Å²) in [6.45, 7) is 4.73. The Kier molecular flexibility index (Phi) is 24.1. The van der Waals surface area contributed by atoms with Crippen molar-refractivity contribution in [1.82, 2.24) is 15.0 Å². The quantitative estimate of drug-likeness (QED) is 0.182. The number of hydrogen-bond donors (Lipinski definition) is 1.